The lowest BCUT2D eigenvalue weighted by atomic mass is 9.83. The predicted octanol–water partition coefficient (Wildman–Crippen LogP) is 2.37. The van der Waals surface area contributed by atoms with Gasteiger partial charge in [0.1, 0.15) is 12.2 Å². The van der Waals surface area contributed by atoms with E-state index in [4.69, 9.17) is 25.7 Å². The Labute approximate surface area is 254 Å². The van der Waals surface area contributed by atoms with Gasteiger partial charge in [0, 0.05) is 33.3 Å². The third-order valence-corrected chi connectivity index (χ3v) is 8.35. The molecule has 2 fully saturated rings. The Hall–Kier alpha value is -1.63. The number of nitrogens with two attached hydrogens (primary N) is 2. The maximum atomic E-state index is 13.2. The van der Waals surface area contributed by atoms with Crippen molar-refractivity contribution in [2.75, 3.05) is 40.8 Å². The van der Waals surface area contributed by atoms with Crippen molar-refractivity contribution in [1.29, 1.82) is 0 Å². The number of nitrogens with zero attached hydrogens (tertiary/aromatic N) is 1. The lowest BCUT2D eigenvalue weighted by Crippen LogP contribution is -2.67. The molecule has 1 heterocycles. The number of aliphatic hydroxyl groups is 1. The van der Waals surface area contributed by atoms with Gasteiger partial charge < -0.3 is 46.3 Å². The largest absolute Gasteiger partial charge is 0.388 e. The van der Waals surface area contributed by atoms with Gasteiger partial charge in [-0.15, -0.1) is 0 Å². The van der Waals surface area contributed by atoms with Crippen molar-refractivity contribution in [3.05, 3.63) is 34.9 Å². The number of rotatable bonds is 16. The van der Waals surface area contributed by atoms with Crippen molar-refractivity contribution in [3.63, 3.8) is 0 Å². The Morgan fingerprint density at radius 1 is 1.05 bits per heavy atom. The Morgan fingerprint density at radius 3 is 2.36 bits per heavy atom. The van der Waals surface area contributed by atoms with Crippen LogP contribution in [0.3, 0.4) is 0 Å². The summed E-state index contributed by atoms with van der Waals surface area (Å²) < 4.78 is 18.0. The molecular weight excluding hydrogens is 534 g/mol. The van der Waals surface area contributed by atoms with Crippen LogP contribution in [0.4, 0.5) is 0 Å². The highest BCUT2D eigenvalue weighted by atomic mass is 16.7. The molecule has 1 amide bonds. The number of methoxy groups -OCH3 is 1. The molecule has 10 nitrogen and oxygen atoms in total. The SMILES string of the molecule is CNCC1CCC(N)[C@@H](O[C@H]2C(N)C[C@H](OC)C(N(C)C(=O)CNC/C=C(\C)CC/C=C(\C)CCC=C(C)C)C2O)O1. The average molecular weight is 594 g/mol. The number of aliphatic hydroxyl groups excluding tert-OH is 1. The molecule has 42 heavy (non-hydrogen) atoms. The normalized spacial score (nSPS) is 30.7. The highest BCUT2D eigenvalue weighted by Gasteiger charge is 2.48. The van der Waals surface area contributed by atoms with Crippen LogP contribution < -0.4 is 22.1 Å². The zero-order valence-electron chi connectivity index (χ0n) is 27.1. The van der Waals surface area contributed by atoms with Crippen LogP contribution in [0.15, 0.2) is 34.9 Å². The highest BCUT2D eigenvalue weighted by molar-refractivity contribution is 5.78. The van der Waals surface area contributed by atoms with Crippen LogP contribution in [-0.4, -0.2) is 106 Å². The van der Waals surface area contributed by atoms with Gasteiger partial charge in [0.25, 0.3) is 0 Å². The van der Waals surface area contributed by atoms with E-state index in [1.165, 1.54) is 16.7 Å². The van der Waals surface area contributed by atoms with Crippen LogP contribution in [-0.2, 0) is 19.0 Å². The number of likely N-dealkylation sites (N-methyl/N-ethyl adjacent to an activating group) is 2. The summed E-state index contributed by atoms with van der Waals surface area (Å²) in [5.74, 6) is -0.143. The van der Waals surface area contributed by atoms with E-state index >= 15 is 0 Å². The maximum absolute atomic E-state index is 13.2. The number of allylic oxidation sites excluding steroid dienone is 5. The third kappa shape index (κ3) is 11.8. The summed E-state index contributed by atoms with van der Waals surface area (Å²) in [4.78, 5) is 14.7. The van der Waals surface area contributed by atoms with E-state index in [1.807, 2.05) is 7.05 Å². The summed E-state index contributed by atoms with van der Waals surface area (Å²) in [6.45, 7) is 10.0. The van der Waals surface area contributed by atoms with Crippen LogP contribution in [0.5, 0.6) is 0 Å². The van der Waals surface area contributed by atoms with Gasteiger partial charge in [0.05, 0.1) is 30.8 Å². The molecule has 1 aliphatic heterocycles. The minimum atomic E-state index is -1.06. The van der Waals surface area contributed by atoms with E-state index < -0.39 is 36.7 Å². The molecule has 1 saturated heterocycles. The van der Waals surface area contributed by atoms with Crippen molar-refractivity contribution in [3.8, 4) is 0 Å². The fourth-order valence-corrected chi connectivity index (χ4v) is 5.70. The van der Waals surface area contributed by atoms with E-state index in [1.54, 1.807) is 19.1 Å². The van der Waals surface area contributed by atoms with Crippen LogP contribution in [0.25, 0.3) is 0 Å². The van der Waals surface area contributed by atoms with Gasteiger partial charge in [-0.1, -0.05) is 34.9 Å². The molecule has 1 saturated carbocycles. The number of ether oxygens (including phenoxy) is 3. The quantitative estimate of drug-likeness (QED) is 0.135. The van der Waals surface area contributed by atoms with Crippen LogP contribution in [0.1, 0.15) is 72.6 Å². The first-order valence-corrected chi connectivity index (χ1v) is 15.6. The number of hydrogen-bond acceptors (Lipinski definition) is 9. The molecule has 10 heteroatoms. The summed E-state index contributed by atoms with van der Waals surface area (Å²) in [6.07, 6.45) is 10.0. The Balaban J connectivity index is 1.88. The maximum Gasteiger partial charge on any atom is 0.236 e. The highest BCUT2D eigenvalue weighted by Crippen LogP contribution is 2.30. The van der Waals surface area contributed by atoms with Gasteiger partial charge >= 0.3 is 0 Å². The lowest BCUT2D eigenvalue weighted by molar-refractivity contribution is -0.254. The minimum Gasteiger partial charge on any atom is -0.388 e. The molecule has 0 aromatic rings. The van der Waals surface area contributed by atoms with Crippen LogP contribution in [0, 0.1) is 0 Å². The van der Waals surface area contributed by atoms with Gasteiger partial charge in [-0.05, 0) is 79.7 Å². The molecule has 2 rings (SSSR count). The van der Waals surface area contributed by atoms with Crippen LogP contribution in [0.2, 0.25) is 0 Å². The Kier molecular flexibility index (Phi) is 16.5. The molecule has 242 valence electrons. The van der Waals surface area contributed by atoms with Gasteiger partial charge in [-0.25, -0.2) is 0 Å². The first-order valence-electron chi connectivity index (χ1n) is 15.6. The number of carbonyl (C=O) groups excluding carboxylic acids is 1. The number of nitrogens with one attached hydrogen (secondary N) is 2. The second-order valence-electron chi connectivity index (χ2n) is 12.3. The topological polar surface area (TPSA) is 144 Å². The number of amides is 1. The molecule has 5 unspecified atom stereocenters. The molecule has 0 spiro atoms. The summed E-state index contributed by atoms with van der Waals surface area (Å²) >= 11 is 0. The molecule has 0 aromatic carbocycles. The van der Waals surface area contributed by atoms with E-state index in [9.17, 15) is 9.90 Å². The summed E-state index contributed by atoms with van der Waals surface area (Å²) in [5.41, 5.74) is 16.8. The fourth-order valence-electron chi connectivity index (χ4n) is 5.70. The van der Waals surface area contributed by atoms with Crippen molar-refractivity contribution in [2.24, 2.45) is 11.5 Å². The third-order valence-electron chi connectivity index (χ3n) is 8.35. The predicted molar refractivity (Wildman–Crippen MR) is 169 cm³/mol. The van der Waals surface area contributed by atoms with Crippen molar-refractivity contribution in [1.82, 2.24) is 15.5 Å². The molecular formula is C32H59N5O5. The van der Waals surface area contributed by atoms with E-state index in [0.717, 1.165) is 38.5 Å². The van der Waals surface area contributed by atoms with E-state index in [2.05, 4.69) is 56.6 Å². The van der Waals surface area contributed by atoms with Gasteiger partial charge in [-0.2, -0.15) is 0 Å². The first kappa shape index (κ1) is 36.6. The number of hydrogen-bond donors (Lipinski definition) is 5. The summed E-state index contributed by atoms with van der Waals surface area (Å²) in [5, 5.41) is 17.8. The second kappa shape index (κ2) is 18.9. The number of carbonyl (C=O) groups is 1. The summed E-state index contributed by atoms with van der Waals surface area (Å²) in [6, 6.07) is -1.43. The molecule has 7 N–H and O–H groups in total. The molecule has 0 bridgehead atoms. The second-order valence-corrected chi connectivity index (χ2v) is 12.3. The van der Waals surface area contributed by atoms with Gasteiger partial charge in [-0.3, -0.25) is 4.79 Å². The van der Waals surface area contributed by atoms with Gasteiger partial charge in [0.2, 0.25) is 5.91 Å². The van der Waals surface area contributed by atoms with Crippen molar-refractivity contribution < 1.29 is 24.1 Å². The van der Waals surface area contributed by atoms with Crippen molar-refractivity contribution >= 4 is 5.91 Å². The fraction of sp³-hybridized carbons (Fsp3) is 0.781. The van der Waals surface area contributed by atoms with E-state index in [0.29, 0.717) is 19.5 Å². The van der Waals surface area contributed by atoms with Gasteiger partial charge in [0.15, 0.2) is 6.29 Å². The minimum absolute atomic E-state index is 0.0227. The zero-order chi connectivity index (χ0) is 31.2. The zero-order valence-corrected chi connectivity index (χ0v) is 27.1. The van der Waals surface area contributed by atoms with Crippen molar-refractivity contribution in [2.45, 2.75) is 121 Å². The molecule has 0 aromatic heterocycles. The monoisotopic (exact) mass is 593 g/mol. The molecule has 0 radical (unpaired) electrons. The Bertz CT molecular complexity index is 906. The smallest absolute Gasteiger partial charge is 0.236 e. The first-order chi connectivity index (χ1) is 20.0. The molecule has 2 aliphatic rings. The van der Waals surface area contributed by atoms with E-state index in [-0.39, 0.29) is 24.6 Å². The Morgan fingerprint density at radius 2 is 1.71 bits per heavy atom. The molecule has 1 aliphatic carbocycles. The lowest BCUT2D eigenvalue weighted by Gasteiger charge is -2.48. The standard InChI is InChI=1S/C32H59N5O5/c1-21(2)10-8-11-22(3)12-9-13-23(4)16-17-36-20-28(38)37(6)29-27(40-7)18-26(34)31(30(29)39)42-32-25(33)15-14-24(41-32)19-35-5/h10,12,16,24-27,29-32,35-36,39H,8-9,11,13-15,17-20,33-34H2,1-7H3/b22-12+,23-16+/t24?,25?,26?,27-,29?,30?,31-,32+/m0/s1. The molecule has 8 atom stereocenters. The summed E-state index contributed by atoms with van der Waals surface area (Å²) in [7, 11) is 5.14. The average Bonchev–Trinajstić information content (AvgIpc) is 2.94. The van der Waals surface area contributed by atoms with Crippen LogP contribution >= 0.6 is 0 Å².